The molecule has 0 fully saturated rings. The highest BCUT2D eigenvalue weighted by atomic mass is 79.9. The number of pyridine rings is 1. The van der Waals surface area contributed by atoms with Crippen LogP contribution in [0.25, 0.3) is 5.57 Å². The maximum atomic E-state index is 7.24. The Labute approximate surface area is 109 Å². The van der Waals surface area contributed by atoms with Gasteiger partial charge in [-0.2, -0.15) is 0 Å². The highest BCUT2D eigenvalue weighted by Crippen LogP contribution is 2.23. The third-order valence-corrected chi connectivity index (χ3v) is 2.91. The maximum absolute atomic E-state index is 7.24. The summed E-state index contributed by atoms with van der Waals surface area (Å²) in [6.45, 7) is 0. The van der Waals surface area contributed by atoms with Crippen LogP contribution in [-0.4, -0.2) is 11.2 Å². The molecule has 0 unspecified atom stereocenters. The van der Waals surface area contributed by atoms with E-state index in [9.17, 15) is 0 Å². The summed E-state index contributed by atoms with van der Waals surface area (Å²) in [4.78, 5) is 4.11. The standard InChI is InChI=1S/C14H11BrN2/c15-13-5-3-11(4-6-13)14(7-8-16)12-2-1-9-17-10-12/h1-10,16H/b14-7-,16-8?. The zero-order chi connectivity index (χ0) is 12.1. The Morgan fingerprint density at radius 1 is 1.12 bits per heavy atom. The summed E-state index contributed by atoms with van der Waals surface area (Å²) in [6, 6.07) is 11.9. The molecule has 0 radical (unpaired) electrons. The minimum atomic E-state index is 1.00. The van der Waals surface area contributed by atoms with Gasteiger partial charge in [-0.15, -0.1) is 0 Å². The zero-order valence-corrected chi connectivity index (χ0v) is 10.7. The summed E-state index contributed by atoms with van der Waals surface area (Å²) in [6.07, 6.45) is 6.62. The third kappa shape index (κ3) is 2.88. The van der Waals surface area contributed by atoms with Crippen molar-refractivity contribution in [2.75, 3.05) is 0 Å². The van der Waals surface area contributed by atoms with Gasteiger partial charge in [-0.3, -0.25) is 4.98 Å². The van der Waals surface area contributed by atoms with Crippen LogP contribution >= 0.6 is 15.9 Å². The van der Waals surface area contributed by atoms with E-state index in [0.717, 1.165) is 21.2 Å². The number of aromatic nitrogens is 1. The van der Waals surface area contributed by atoms with E-state index < -0.39 is 0 Å². The molecule has 0 amide bonds. The van der Waals surface area contributed by atoms with Crippen LogP contribution in [0.4, 0.5) is 0 Å². The molecule has 2 rings (SSSR count). The van der Waals surface area contributed by atoms with Gasteiger partial charge in [0.1, 0.15) is 0 Å². The van der Waals surface area contributed by atoms with Gasteiger partial charge in [-0.1, -0.05) is 34.1 Å². The monoisotopic (exact) mass is 286 g/mol. The Morgan fingerprint density at radius 3 is 2.47 bits per heavy atom. The molecule has 0 aliphatic carbocycles. The van der Waals surface area contributed by atoms with E-state index in [1.807, 2.05) is 36.4 Å². The molecule has 3 heteroatoms. The van der Waals surface area contributed by atoms with Gasteiger partial charge in [-0.05, 0) is 35.4 Å². The number of halogens is 1. The van der Waals surface area contributed by atoms with Crippen molar-refractivity contribution in [1.82, 2.24) is 4.98 Å². The molecule has 1 N–H and O–H groups in total. The summed E-state index contributed by atoms with van der Waals surface area (Å²) in [7, 11) is 0. The fraction of sp³-hybridized carbons (Fsp3) is 0. The number of benzene rings is 1. The van der Waals surface area contributed by atoms with Crippen molar-refractivity contribution in [3.8, 4) is 0 Å². The van der Waals surface area contributed by atoms with Crippen LogP contribution in [0.3, 0.4) is 0 Å². The molecule has 1 aromatic heterocycles. The summed E-state index contributed by atoms with van der Waals surface area (Å²) in [5.74, 6) is 0. The SMILES string of the molecule is N=C/C=C(/c1ccc(Br)cc1)c1cccnc1. The molecule has 0 spiro atoms. The molecule has 2 nitrogen and oxygen atoms in total. The van der Waals surface area contributed by atoms with Crippen LogP contribution < -0.4 is 0 Å². The molecule has 0 bridgehead atoms. The topological polar surface area (TPSA) is 36.7 Å². The fourth-order valence-corrected chi connectivity index (χ4v) is 1.86. The third-order valence-electron chi connectivity index (χ3n) is 2.38. The lowest BCUT2D eigenvalue weighted by Gasteiger charge is -2.07. The molecule has 84 valence electrons. The first-order valence-electron chi connectivity index (χ1n) is 5.18. The summed E-state index contributed by atoms with van der Waals surface area (Å²) in [5.41, 5.74) is 3.09. The quantitative estimate of drug-likeness (QED) is 0.853. The average molecular weight is 287 g/mol. The Balaban J connectivity index is 2.47. The van der Waals surface area contributed by atoms with Crippen molar-refractivity contribution in [2.24, 2.45) is 0 Å². The molecule has 17 heavy (non-hydrogen) atoms. The van der Waals surface area contributed by atoms with Crippen LogP contribution in [0, 0.1) is 5.41 Å². The van der Waals surface area contributed by atoms with E-state index in [1.54, 1.807) is 18.5 Å². The highest BCUT2D eigenvalue weighted by Gasteiger charge is 2.03. The molecule has 2 aromatic rings. The Morgan fingerprint density at radius 2 is 1.88 bits per heavy atom. The van der Waals surface area contributed by atoms with Gasteiger partial charge >= 0.3 is 0 Å². The average Bonchev–Trinajstić information content (AvgIpc) is 2.38. The minimum absolute atomic E-state index is 1.00. The van der Waals surface area contributed by atoms with Crippen molar-refractivity contribution in [1.29, 1.82) is 5.41 Å². The maximum Gasteiger partial charge on any atom is 0.0346 e. The lowest BCUT2D eigenvalue weighted by Crippen LogP contribution is -1.89. The number of nitrogens with one attached hydrogen (secondary N) is 1. The molecule has 0 atom stereocenters. The van der Waals surface area contributed by atoms with Crippen LogP contribution in [0.5, 0.6) is 0 Å². The number of rotatable bonds is 3. The van der Waals surface area contributed by atoms with Crippen molar-refractivity contribution in [2.45, 2.75) is 0 Å². The first kappa shape index (κ1) is 11.7. The van der Waals surface area contributed by atoms with Crippen molar-refractivity contribution >= 4 is 27.7 Å². The van der Waals surface area contributed by atoms with Crippen LogP contribution in [0.1, 0.15) is 11.1 Å². The Hall–Kier alpha value is -1.74. The van der Waals surface area contributed by atoms with Gasteiger partial charge in [-0.25, -0.2) is 0 Å². The van der Waals surface area contributed by atoms with Crippen molar-refractivity contribution < 1.29 is 0 Å². The van der Waals surface area contributed by atoms with Crippen molar-refractivity contribution in [3.05, 3.63) is 70.5 Å². The predicted molar refractivity (Wildman–Crippen MR) is 74.2 cm³/mol. The molecule has 1 heterocycles. The predicted octanol–water partition coefficient (Wildman–Crippen LogP) is 3.93. The second-order valence-electron chi connectivity index (χ2n) is 3.50. The zero-order valence-electron chi connectivity index (χ0n) is 9.10. The van der Waals surface area contributed by atoms with Gasteiger partial charge in [0.2, 0.25) is 0 Å². The minimum Gasteiger partial charge on any atom is -0.309 e. The molecule has 0 saturated heterocycles. The number of allylic oxidation sites excluding steroid dienone is 1. The molecular weight excluding hydrogens is 276 g/mol. The Bertz CT molecular complexity index is 530. The smallest absolute Gasteiger partial charge is 0.0346 e. The number of hydrogen-bond acceptors (Lipinski definition) is 2. The number of hydrogen-bond donors (Lipinski definition) is 1. The van der Waals surface area contributed by atoms with Gasteiger partial charge in [0.25, 0.3) is 0 Å². The fourth-order valence-electron chi connectivity index (χ4n) is 1.59. The van der Waals surface area contributed by atoms with Gasteiger partial charge in [0.05, 0.1) is 0 Å². The summed E-state index contributed by atoms with van der Waals surface area (Å²) in [5, 5.41) is 7.24. The normalized spacial score (nSPS) is 11.2. The van der Waals surface area contributed by atoms with Crippen LogP contribution in [0.15, 0.2) is 59.3 Å². The van der Waals surface area contributed by atoms with Gasteiger partial charge in [0.15, 0.2) is 0 Å². The highest BCUT2D eigenvalue weighted by molar-refractivity contribution is 9.10. The van der Waals surface area contributed by atoms with Crippen LogP contribution in [-0.2, 0) is 0 Å². The molecule has 0 aliphatic heterocycles. The molecule has 0 saturated carbocycles. The summed E-state index contributed by atoms with van der Waals surface area (Å²) < 4.78 is 1.04. The second-order valence-corrected chi connectivity index (χ2v) is 4.41. The van der Waals surface area contributed by atoms with E-state index in [2.05, 4.69) is 20.9 Å². The van der Waals surface area contributed by atoms with E-state index in [4.69, 9.17) is 5.41 Å². The first-order valence-corrected chi connectivity index (χ1v) is 5.97. The van der Waals surface area contributed by atoms with E-state index in [1.165, 1.54) is 6.21 Å². The lowest BCUT2D eigenvalue weighted by atomic mass is 9.99. The molecule has 1 aromatic carbocycles. The largest absolute Gasteiger partial charge is 0.309 e. The van der Waals surface area contributed by atoms with E-state index >= 15 is 0 Å². The Kier molecular flexibility index (Phi) is 3.83. The van der Waals surface area contributed by atoms with E-state index in [0.29, 0.717) is 0 Å². The lowest BCUT2D eigenvalue weighted by molar-refractivity contribution is 1.31. The van der Waals surface area contributed by atoms with Gasteiger partial charge < -0.3 is 5.41 Å². The second kappa shape index (κ2) is 5.55. The van der Waals surface area contributed by atoms with E-state index in [-0.39, 0.29) is 0 Å². The molecule has 0 aliphatic rings. The molecular formula is C14H11BrN2. The van der Waals surface area contributed by atoms with Gasteiger partial charge in [0, 0.05) is 28.6 Å². The summed E-state index contributed by atoms with van der Waals surface area (Å²) >= 11 is 3.41. The van der Waals surface area contributed by atoms with Crippen LogP contribution in [0.2, 0.25) is 0 Å². The number of nitrogens with zero attached hydrogens (tertiary/aromatic N) is 1. The van der Waals surface area contributed by atoms with Crippen molar-refractivity contribution in [3.63, 3.8) is 0 Å². The first-order chi connectivity index (χ1) is 8.31.